The standard InChI is InChI=1S/C21H32N4O3/c1-4-22-21(25-13-9-17(10-14-25)20(27)28-5-2)24-12-11-23-19(26)18-8-6-7-16(3)15-18/h6-8,15,17H,4-5,9-14H2,1-3H3,(H,22,24)(H,23,26). The van der Waals surface area contributed by atoms with Gasteiger partial charge < -0.3 is 20.3 Å². The highest BCUT2D eigenvalue weighted by molar-refractivity contribution is 5.94. The molecule has 0 bridgehead atoms. The van der Waals surface area contributed by atoms with E-state index < -0.39 is 0 Å². The first-order valence-corrected chi connectivity index (χ1v) is 10.1. The number of rotatable bonds is 7. The van der Waals surface area contributed by atoms with E-state index in [1.54, 1.807) is 0 Å². The van der Waals surface area contributed by atoms with Gasteiger partial charge in [-0.15, -0.1) is 0 Å². The number of piperidine rings is 1. The summed E-state index contributed by atoms with van der Waals surface area (Å²) in [5.41, 5.74) is 1.73. The Kier molecular flexibility index (Phi) is 8.78. The van der Waals surface area contributed by atoms with Crippen LogP contribution in [0.4, 0.5) is 0 Å². The van der Waals surface area contributed by atoms with E-state index in [0.717, 1.165) is 44.0 Å². The van der Waals surface area contributed by atoms with Gasteiger partial charge in [0, 0.05) is 31.7 Å². The van der Waals surface area contributed by atoms with E-state index in [1.165, 1.54) is 0 Å². The number of guanidine groups is 1. The van der Waals surface area contributed by atoms with Gasteiger partial charge in [0.1, 0.15) is 0 Å². The summed E-state index contributed by atoms with van der Waals surface area (Å²) >= 11 is 0. The predicted octanol–water partition coefficient (Wildman–Crippen LogP) is 1.97. The summed E-state index contributed by atoms with van der Waals surface area (Å²) in [5, 5.41) is 6.20. The van der Waals surface area contributed by atoms with Crippen LogP contribution in [0.2, 0.25) is 0 Å². The second-order valence-corrected chi connectivity index (χ2v) is 6.87. The topological polar surface area (TPSA) is 83.0 Å². The van der Waals surface area contributed by atoms with Gasteiger partial charge in [-0.1, -0.05) is 17.7 Å². The van der Waals surface area contributed by atoms with E-state index in [0.29, 0.717) is 25.3 Å². The van der Waals surface area contributed by atoms with Crippen LogP contribution in [0.5, 0.6) is 0 Å². The highest BCUT2D eigenvalue weighted by Gasteiger charge is 2.27. The minimum absolute atomic E-state index is 0.0207. The van der Waals surface area contributed by atoms with Crippen LogP contribution in [-0.2, 0) is 9.53 Å². The second-order valence-electron chi connectivity index (χ2n) is 6.87. The van der Waals surface area contributed by atoms with Crippen molar-refractivity contribution < 1.29 is 14.3 Å². The molecule has 0 aliphatic carbocycles. The first-order valence-electron chi connectivity index (χ1n) is 10.1. The van der Waals surface area contributed by atoms with Crippen LogP contribution >= 0.6 is 0 Å². The van der Waals surface area contributed by atoms with Gasteiger partial charge in [-0.05, 0) is 45.7 Å². The third-order valence-corrected chi connectivity index (χ3v) is 4.69. The van der Waals surface area contributed by atoms with Crippen molar-refractivity contribution >= 4 is 17.8 Å². The fraction of sp³-hybridized carbons (Fsp3) is 0.571. The van der Waals surface area contributed by atoms with Gasteiger partial charge in [-0.3, -0.25) is 14.6 Å². The summed E-state index contributed by atoms with van der Waals surface area (Å²) in [4.78, 5) is 30.9. The summed E-state index contributed by atoms with van der Waals surface area (Å²) < 4.78 is 5.13. The Bertz CT molecular complexity index is 682. The number of carbonyl (C=O) groups is 2. The van der Waals surface area contributed by atoms with Crippen LogP contribution in [-0.4, -0.2) is 62.1 Å². The average Bonchev–Trinajstić information content (AvgIpc) is 2.70. The lowest BCUT2D eigenvalue weighted by Crippen LogP contribution is -2.47. The Morgan fingerprint density at radius 1 is 1.21 bits per heavy atom. The summed E-state index contributed by atoms with van der Waals surface area (Å²) in [6, 6.07) is 7.53. The molecule has 0 atom stereocenters. The number of aryl methyl sites for hydroxylation is 1. The Morgan fingerprint density at radius 3 is 2.61 bits per heavy atom. The molecular formula is C21H32N4O3. The maximum Gasteiger partial charge on any atom is 0.309 e. The van der Waals surface area contributed by atoms with Gasteiger partial charge >= 0.3 is 5.97 Å². The number of aliphatic imine (C=N–C) groups is 1. The highest BCUT2D eigenvalue weighted by atomic mass is 16.5. The largest absolute Gasteiger partial charge is 0.466 e. The first-order chi connectivity index (χ1) is 13.5. The maximum atomic E-state index is 12.2. The number of carbonyl (C=O) groups excluding carboxylic acids is 2. The molecule has 7 nitrogen and oxygen atoms in total. The van der Waals surface area contributed by atoms with Crippen molar-refractivity contribution in [3.8, 4) is 0 Å². The summed E-state index contributed by atoms with van der Waals surface area (Å²) in [6.07, 6.45) is 1.54. The van der Waals surface area contributed by atoms with E-state index >= 15 is 0 Å². The molecule has 2 rings (SSSR count). The predicted molar refractivity (Wildman–Crippen MR) is 110 cm³/mol. The summed E-state index contributed by atoms with van der Waals surface area (Å²) in [7, 11) is 0. The van der Waals surface area contributed by atoms with E-state index in [1.807, 2.05) is 45.0 Å². The van der Waals surface area contributed by atoms with Crippen LogP contribution in [0, 0.1) is 12.8 Å². The van der Waals surface area contributed by atoms with Crippen molar-refractivity contribution in [2.45, 2.75) is 33.6 Å². The zero-order chi connectivity index (χ0) is 20.4. The SMILES string of the molecule is CCNC(=NCCNC(=O)c1cccc(C)c1)N1CCC(C(=O)OCC)CC1. The molecule has 1 saturated heterocycles. The highest BCUT2D eigenvalue weighted by Crippen LogP contribution is 2.18. The molecule has 0 spiro atoms. The number of likely N-dealkylation sites (tertiary alicyclic amines) is 1. The van der Waals surface area contributed by atoms with Crippen molar-refractivity contribution in [1.29, 1.82) is 0 Å². The Hall–Kier alpha value is -2.57. The van der Waals surface area contributed by atoms with Crippen LogP contribution < -0.4 is 10.6 Å². The third-order valence-electron chi connectivity index (χ3n) is 4.69. The van der Waals surface area contributed by atoms with Gasteiger partial charge in [-0.2, -0.15) is 0 Å². The van der Waals surface area contributed by atoms with Crippen LogP contribution in [0.1, 0.15) is 42.6 Å². The van der Waals surface area contributed by atoms with E-state index in [9.17, 15) is 9.59 Å². The number of benzene rings is 1. The molecule has 1 heterocycles. The molecule has 0 aromatic heterocycles. The van der Waals surface area contributed by atoms with E-state index in [4.69, 9.17) is 4.74 Å². The average molecular weight is 389 g/mol. The zero-order valence-corrected chi connectivity index (χ0v) is 17.2. The van der Waals surface area contributed by atoms with E-state index in [-0.39, 0.29) is 17.8 Å². The number of hydrogen-bond acceptors (Lipinski definition) is 4. The smallest absolute Gasteiger partial charge is 0.309 e. The van der Waals surface area contributed by atoms with Crippen molar-refractivity contribution in [2.24, 2.45) is 10.9 Å². The van der Waals surface area contributed by atoms with Gasteiger partial charge in [-0.25, -0.2) is 0 Å². The fourth-order valence-electron chi connectivity index (χ4n) is 3.23. The number of amides is 1. The molecule has 154 valence electrons. The van der Waals surface area contributed by atoms with Crippen molar-refractivity contribution in [3.63, 3.8) is 0 Å². The lowest BCUT2D eigenvalue weighted by molar-refractivity contribution is -0.149. The zero-order valence-electron chi connectivity index (χ0n) is 17.2. The van der Waals surface area contributed by atoms with Crippen molar-refractivity contribution in [1.82, 2.24) is 15.5 Å². The molecule has 1 aromatic carbocycles. The van der Waals surface area contributed by atoms with Crippen LogP contribution in [0.15, 0.2) is 29.3 Å². The molecule has 7 heteroatoms. The lowest BCUT2D eigenvalue weighted by atomic mass is 9.97. The van der Waals surface area contributed by atoms with Gasteiger partial charge in [0.15, 0.2) is 5.96 Å². The lowest BCUT2D eigenvalue weighted by Gasteiger charge is -2.33. The Morgan fingerprint density at radius 2 is 1.96 bits per heavy atom. The first kappa shape index (κ1) is 21.7. The van der Waals surface area contributed by atoms with Crippen molar-refractivity contribution in [2.75, 3.05) is 39.3 Å². The monoisotopic (exact) mass is 388 g/mol. The molecule has 1 aliphatic rings. The molecule has 1 aromatic rings. The Balaban J connectivity index is 1.82. The van der Waals surface area contributed by atoms with Gasteiger partial charge in [0.05, 0.1) is 19.1 Å². The van der Waals surface area contributed by atoms with Gasteiger partial charge in [0.2, 0.25) is 0 Å². The molecule has 0 radical (unpaired) electrons. The molecule has 28 heavy (non-hydrogen) atoms. The normalized spacial score (nSPS) is 15.2. The molecule has 0 saturated carbocycles. The molecule has 1 fully saturated rings. The van der Waals surface area contributed by atoms with Gasteiger partial charge in [0.25, 0.3) is 5.91 Å². The number of ether oxygens (including phenoxy) is 1. The van der Waals surface area contributed by atoms with E-state index in [2.05, 4.69) is 20.5 Å². The number of hydrogen-bond donors (Lipinski definition) is 2. The molecule has 1 aliphatic heterocycles. The summed E-state index contributed by atoms with van der Waals surface area (Å²) in [5.74, 6) is 0.629. The summed E-state index contributed by atoms with van der Waals surface area (Å²) in [6.45, 7) is 9.54. The molecule has 2 N–H and O–H groups in total. The number of nitrogens with zero attached hydrogens (tertiary/aromatic N) is 2. The Labute approximate surface area is 167 Å². The number of nitrogens with one attached hydrogen (secondary N) is 2. The molecule has 0 unspecified atom stereocenters. The quantitative estimate of drug-likeness (QED) is 0.323. The fourth-order valence-corrected chi connectivity index (χ4v) is 3.23. The second kappa shape index (κ2) is 11.3. The minimum atomic E-state index is -0.0945. The van der Waals surface area contributed by atoms with Crippen molar-refractivity contribution in [3.05, 3.63) is 35.4 Å². The van der Waals surface area contributed by atoms with Crippen LogP contribution in [0.25, 0.3) is 0 Å². The maximum absolute atomic E-state index is 12.2. The minimum Gasteiger partial charge on any atom is -0.466 e. The third kappa shape index (κ3) is 6.55. The van der Waals surface area contributed by atoms with Crippen LogP contribution in [0.3, 0.4) is 0 Å². The molecule has 1 amide bonds. The molecular weight excluding hydrogens is 356 g/mol. The number of esters is 1.